The largest absolute Gasteiger partial charge is 0.494 e. The molecule has 2 aromatic carbocycles. The van der Waals surface area contributed by atoms with Crippen molar-refractivity contribution >= 4 is 5.97 Å². The van der Waals surface area contributed by atoms with Crippen LogP contribution < -0.4 is 14.2 Å². The highest BCUT2D eigenvalue weighted by Crippen LogP contribution is 2.36. The van der Waals surface area contributed by atoms with Gasteiger partial charge in [0.1, 0.15) is 17.2 Å². The molecule has 3 rings (SSSR count). The maximum absolute atomic E-state index is 12.5. The molecule has 1 fully saturated rings. The normalized spacial score (nSPS) is 17.4. The number of carbonyl (C=O) groups is 1. The van der Waals surface area contributed by atoms with E-state index in [1.165, 1.54) is 77.0 Å². The number of ether oxygens (including phenoxy) is 3. The van der Waals surface area contributed by atoms with Gasteiger partial charge in [-0.15, -0.1) is 0 Å². The smallest absolute Gasteiger partial charge is 0.343 e. The van der Waals surface area contributed by atoms with E-state index in [-0.39, 0.29) is 5.97 Å². The lowest BCUT2D eigenvalue weighted by molar-refractivity contribution is 0.0734. The minimum Gasteiger partial charge on any atom is -0.494 e. The molecule has 0 radical (unpaired) electrons. The van der Waals surface area contributed by atoms with Gasteiger partial charge in [-0.25, -0.2) is 4.79 Å². The SMILES string of the molecule is CCCCCCCCOc1ccc(C(=O)Oc2ccc(OCCCC3CCCCC3CCC)cc2)cc1. The fraction of sp³-hybridized carbons (Fsp3) is 0.606. The molecule has 0 aliphatic heterocycles. The molecule has 0 aromatic heterocycles. The summed E-state index contributed by atoms with van der Waals surface area (Å²) < 4.78 is 17.3. The first-order valence-corrected chi connectivity index (χ1v) is 14.9. The molecule has 204 valence electrons. The van der Waals surface area contributed by atoms with Crippen molar-refractivity contribution in [3.8, 4) is 17.2 Å². The molecule has 1 saturated carbocycles. The molecule has 4 nitrogen and oxygen atoms in total. The van der Waals surface area contributed by atoms with Crippen LogP contribution in [0.5, 0.6) is 17.2 Å². The zero-order chi connectivity index (χ0) is 26.1. The van der Waals surface area contributed by atoms with Crippen LogP contribution in [-0.4, -0.2) is 19.2 Å². The number of unbranched alkanes of at least 4 members (excludes halogenated alkanes) is 5. The van der Waals surface area contributed by atoms with Crippen LogP contribution in [-0.2, 0) is 0 Å². The van der Waals surface area contributed by atoms with Gasteiger partial charge in [-0.1, -0.05) is 84.5 Å². The monoisotopic (exact) mass is 508 g/mol. The molecule has 37 heavy (non-hydrogen) atoms. The molecule has 0 amide bonds. The van der Waals surface area contributed by atoms with Crippen LogP contribution in [0.15, 0.2) is 48.5 Å². The molecule has 2 atom stereocenters. The van der Waals surface area contributed by atoms with E-state index in [1.807, 2.05) is 24.3 Å². The third-order valence-electron chi connectivity index (χ3n) is 7.60. The van der Waals surface area contributed by atoms with Crippen LogP contribution >= 0.6 is 0 Å². The first-order valence-electron chi connectivity index (χ1n) is 14.9. The van der Waals surface area contributed by atoms with Gasteiger partial charge in [-0.2, -0.15) is 0 Å². The lowest BCUT2D eigenvalue weighted by Crippen LogP contribution is -2.20. The Bertz CT molecular complexity index is 872. The van der Waals surface area contributed by atoms with Gasteiger partial charge in [0.05, 0.1) is 18.8 Å². The predicted octanol–water partition coefficient (Wildman–Crippen LogP) is 9.41. The summed E-state index contributed by atoms with van der Waals surface area (Å²) in [7, 11) is 0. The van der Waals surface area contributed by atoms with Gasteiger partial charge >= 0.3 is 5.97 Å². The van der Waals surface area contributed by atoms with Crippen molar-refractivity contribution < 1.29 is 19.0 Å². The van der Waals surface area contributed by atoms with Crippen molar-refractivity contribution in [3.63, 3.8) is 0 Å². The molecular formula is C33H48O4. The van der Waals surface area contributed by atoms with Gasteiger partial charge in [0.15, 0.2) is 0 Å². The highest BCUT2D eigenvalue weighted by atomic mass is 16.5. The van der Waals surface area contributed by atoms with Crippen molar-refractivity contribution in [2.75, 3.05) is 13.2 Å². The van der Waals surface area contributed by atoms with Crippen LogP contribution in [0.3, 0.4) is 0 Å². The minimum absolute atomic E-state index is 0.370. The van der Waals surface area contributed by atoms with Crippen LogP contribution in [0.4, 0.5) is 0 Å². The summed E-state index contributed by atoms with van der Waals surface area (Å²) in [5.41, 5.74) is 0.510. The van der Waals surface area contributed by atoms with Crippen LogP contribution in [0.25, 0.3) is 0 Å². The molecule has 0 N–H and O–H groups in total. The summed E-state index contributed by atoms with van der Waals surface area (Å²) in [5.74, 6) is 3.55. The van der Waals surface area contributed by atoms with Crippen LogP contribution in [0, 0.1) is 11.8 Å². The minimum atomic E-state index is -0.370. The fourth-order valence-electron chi connectivity index (χ4n) is 5.48. The van der Waals surface area contributed by atoms with Gasteiger partial charge in [0, 0.05) is 0 Å². The number of benzene rings is 2. The molecule has 0 heterocycles. The van der Waals surface area contributed by atoms with Crippen LogP contribution in [0.2, 0.25) is 0 Å². The number of hydrogen-bond acceptors (Lipinski definition) is 4. The third kappa shape index (κ3) is 10.8. The fourth-order valence-corrected chi connectivity index (χ4v) is 5.48. The molecule has 0 spiro atoms. The standard InChI is InChI=1S/C33H48O4/c1-3-5-6-7-8-11-25-35-30-19-17-29(18-20-30)33(34)37-32-23-21-31(22-24-32)36-26-12-16-28-15-10-9-14-27(28)13-4-2/h17-24,27-28H,3-16,25-26H2,1-2H3. The Morgan fingerprint density at radius 3 is 1.84 bits per heavy atom. The first kappa shape index (κ1) is 29.1. The molecule has 1 aliphatic carbocycles. The van der Waals surface area contributed by atoms with Gasteiger partial charge in [0.25, 0.3) is 0 Å². The zero-order valence-electron chi connectivity index (χ0n) is 23.2. The van der Waals surface area contributed by atoms with Crippen LogP contribution in [0.1, 0.15) is 114 Å². The summed E-state index contributed by atoms with van der Waals surface area (Å²) in [5, 5.41) is 0. The first-order chi connectivity index (χ1) is 18.2. The Hall–Kier alpha value is -2.49. The Morgan fingerprint density at radius 2 is 1.19 bits per heavy atom. The van der Waals surface area contributed by atoms with Gasteiger partial charge < -0.3 is 14.2 Å². The average Bonchev–Trinajstić information content (AvgIpc) is 2.93. The number of rotatable bonds is 17. The Labute approximate surface area is 225 Å². The quantitative estimate of drug-likeness (QED) is 0.121. The van der Waals surface area contributed by atoms with Crippen molar-refractivity contribution in [2.45, 2.75) is 104 Å². The van der Waals surface area contributed by atoms with Crippen molar-refractivity contribution in [3.05, 3.63) is 54.1 Å². The lowest BCUT2D eigenvalue weighted by atomic mass is 9.75. The lowest BCUT2D eigenvalue weighted by Gasteiger charge is -2.31. The average molecular weight is 509 g/mol. The Balaban J connectivity index is 1.33. The van der Waals surface area contributed by atoms with E-state index in [0.717, 1.165) is 42.8 Å². The van der Waals surface area contributed by atoms with Gasteiger partial charge in [-0.05, 0) is 79.6 Å². The summed E-state index contributed by atoms with van der Waals surface area (Å²) in [6.07, 6.45) is 18.1. The Morgan fingerprint density at radius 1 is 0.649 bits per heavy atom. The summed E-state index contributed by atoms with van der Waals surface area (Å²) in [6.45, 7) is 5.99. The highest BCUT2D eigenvalue weighted by Gasteiger charge is 2.23. The molecule has 0 saturated heterocycles. The van der Waals surface area contributed by atoms with E-state index in [2.05, 4.69) is 13.8 Å². The van der Waals surface area contributed by atoms with E-state index in [0.29, 0.717) is 17.9 Å². The van der Waals surface area contributed by atoms with Crippen molar-refractivity contribution in [1.29, 1.82) is 0 Å². The van der Waals surface area contributed by atoms with E-state index in [4.69, 9.17) is 14.2 Å². The summed E-state index contributed by atoms with van der Waals surface area (Å²) in [6, 6.07) is 14.5. The maximum atomic E-state index is 12.5. The van der Waals surface area contributed by atoms with E-state index in [1.54, 1.807) is 24.3 Å². The van der Waals surface area contributed by atoms with E-state index >= 15 is 0 Å². The van der Waals surface area contributed by atoms with Crippen molar-refractivity contribution in [2.24, 2.45) is 11.8 Å². The second-order valence-electron chi connectivity index (χ2n) is 10.6. The van der Waals surface area contributed by atoms with Crippen molar-refractivity contribution in [1.82, 2.24) is 0 Å². The molecule has 1 aliphatic rings. The molecule has 4 heteroatoms. The second-order valence-corrected chi connectivity index (χ2v) is 10.6. The Kier molecular flexibility index (Phi) is 13.4. The number of hydrogen-bond donors (Lipinski definition) is 0. The summed E-state index contributed by atoms with van der Waals surface area (Å²) >= 11 is 0. The molecule has 2 unspecified atom stereocenters. The highest BCUT2D eigenvalue weighted by molar-refractivity contribution is 5.91. The topological polar surface area (TPSA) is 44.8 Å². The third-order valence-corrected chi connectivity index (χ3v) is 7.60. The maximum Gasteiger partial charge on any atom is 0.343 e. The van der Waals surface area contributed by atoms with Gasteiger partial charge in [0.2, 0.25) is 0 Å². The van der Waals surface area contributed by atoms with Gasteiger partial charge in [-0.3, -0.25) is 0 Å². The molecule has 0 bridgehead atoms. The zero-order valence-corrected chi connectivity index (χ0v) is 23.2. The second kappa shape index (κ2) is 17.1. The molecule has 2 aromatic rings. The summed E-state index contributed by atoms with van der Waals surface area (Å²) in [4.78, 5) is 12.5. The van der Waals surface area contributed by atoms with E-state index in [9.17, 15) is 4.79 Å². The predicted molar refractivity (Wildman–Crippen MR) is 152 cm³/mol. The van der Waals surface area contributed by atoms with E-state index < -0.39 is 0 Å². The molecular weight excluding hydrogens is 460 g/mol. The number of carbonyl (C=O) groups excluding carboxylic acids is 1. The number of esters is 1.